The molecule has 0 aliphatic rings. The Kier molecular flexibility index (Phi) is 50.1. The topological polar surface area (TPSA) is 107 Å². The van der Waals surface area contributed by atoms with Crippen LogP contribution in [0.25, 0.3) is 0 Å². The van der Waals surface area contributed by atoms with Crippen LogP contribution in [-0.4, -0.2) is 60.3 Å². The minimum Gasteiger partial charge on any atom is -0.356 e. The summed E-state index contributed by atoms with van der Waals surface area (Å²) in [5.41, 5.74) is 9.93. The molecule has 0 spiro atoms. The molecule has 0 saturated carbocycles. The summed E-state index contributed by atoms with van der Waals surface area (Å²) >= 11 is 0. The highest BCUT2D eigenvalue weighted by Crippen LogP contribution is 1.74. The quantitative estimate of drug-likeness (QED) is 0.409. The lowest BCUT2D eigenvalue weighted by molar-refractivity contribution is -0.0472. The van der Waals surface area contributed by atoms with Crippen LogP contribution in [0.4, 0.5) is 0 Å². The van der Waals surface area contributed by atoms with Gasteiger partial charge in [-0.3, -0.25) is 0 Å². The Morgan fingerprint density at radius 1 is 0.500 bits per heavy atom. The molecule has 0 radical (unpaired) electrons. The Balaban J connectivity index is -0.000000108. The maximum Gasteiger partial charge on any atom is 0.148 e. The molecule has 0 unspecified atom stereocenters. The average Bonchev–Trinajstić information content (AvgIpc) is 2.50. The Morgan fingerprint density at radius 3 is 0.909 bits per heavy atom. The molecule has 8 heteroatoms. The molecule has 0 saturated heterocycles. The molecule has 0 bridgehead atoms. The predicted molar refractivity (Wildman–Crippen MR) is 88.1 cm³/mol. The van der Waals surface area contributed by atoms with Crippen molar-refractivity contribution in [1.82, 2.24) is 0 Å². The van der Waals surface area contributed by atoms with Crippen LogP contribution in [0.2, 0.25) is 0 Å². The lowest BCUT2D eigenvalue weighted by Crippen LogP contribution is -2.07. The van der Waals surface area contributed by atoms with Gasteiger partial charge in [-0.1, -0.05) is 7.43 Å². The molecule has 4 N–H and O–H groups in total. The molecule has 0 rings (SSSR count). The third kappa shape index (κ3) is 50.3. The summed E-state index contributed by atoms with van der Waals surface area (Å²) in [4.78, 5) is 0. The molecule has 22 heavy (non-hydrogen) atoms. The third-order valence-electron chi connectivity index (χ3n) is 1.55. The highest BCUT2D eigenvalue weighted by molar-refractivity contribution is 4.08. The zero-order valence-corrected chi connectivity index (χ0v) is 14.0. The van der Waals surface area contributed by atoms with Crippen LogP contribution in [0.15, 0.2) is 0 Å². The SMILES string of the molecule is C.CCOCOCC.CCOCOCN.CCOCOCN. The molecule has 140 valence electrons. The van der Waals surface area contributed by atoms with E-state index in [1.165, 1.54) is 0 Å². The second-order valence-electron chi connectivity index (χ2n) is 3.07. The van der Waals surface area contributed by atoms with E-state index in [0.29, 0.717) is 33.6 Å². The Labute approximate surface area is 136 Å². The van der Waals surface area contributed by atoms with E-state index in [9.17, 15) is 0 Å². The van der Waals surface area contributed by atoms with Gasteiger partial charge in [0.25, 0.3) is 0 Å². The van der Waals surface area contributed by atoms with E-state index in [0.717, 1.165) is 13.2 Å². The van der Waals surface area contributed by atoms with E-state index in [1.54, 1.807) is 0 Å². The molecule has 0 heterocycles. The normalized spacial score (nSPS) is 9.00. The summed E-state index contributed by atoms with van der Waals surface area (Å²) in [6.07, 6.45) is 0. The third-order valence-corrected chi connectivity index (χ3v) is 1.55. The first-order valence-electron chi connectivity index (χ1n) is 7.11. The number of nitrogens with two attached hydrogens (primary N) is 2. The fourth-order valence-corrected chi connectivity index (χ4v) is 0.606. The van der Waals surface area contributed by atoms with Gasteiger partial charge in [-0.2, -0.15) is 0 Å². The molecular formula is C14H38N2O6. The van der Waals surface area contributed by atoms with Crippen molar-refractivity contribution in [3.8, 4) is 0 Å². The second-order valence-corrected chi connectivity index (χ2v) is 3.07. The summed E-state index contributed by atoms with van der Waals surface area (Å²) in [7, 11) is 0. The van der Waals surface area contributed by atoms with Crippen LogP contribution >= 0.6 is 0 Å². The lowest BCUT2D eigenvalue weighted by Gasteiger charge is -1.97. The molecule has 0 amide bonds. The first kappa shape index (κ1) is 29.7. The highest BCUT2D eigenvalue weighted by Gasteiger charge is 1.77. The Hall–Kier alpha value is -0.320. The number of hydrogen-bond donors (Lipinski definition) is 2. The van der Waals surface area contributed by atoms with E-state index < -0.39 is 0 Å². The Morgan fingerprint density at radius 2 is 0.727 bits per heavy atom. The van der Waals surface area contributed by atoms with Gasteiger partial charge in [0, 0.05) is 26.4 Å². The van der Waals surface area contributed by atoms with Crippen LogP contribution in [0, 0.1) is 0 Å². The van der Waals surface area contributed by atoms with Crippen molar-refractivity contribution in [3.63, 3.8) is 0 Å². The number of ether oxygens (including phenoxy) is 6. The van der Waals surface area contributed by atoms with Crippen LogP contribution in [0.3, 0.4) is 0 Å². The Bertz CT molecular complexity index is 109. The number of rotatable bonds is 12. The van der Waals surface area contributed by atoms with Crippen LogP contribution in [0.5, 0.6) is 0 Å². The summed E-state index contributed by atoms with van der Waals surface area (Å²) in [6.45, 7) is 12.1. The minimum absolute atomic E-state index is 0. The highest BCUT2D eigenvalue weighted by atomic mass is 16.7. The second kappa shape index (κ2) is 37.2. The number of hydrogen-bond acceptors (Lipinski definition) is 8. The van der Waals surface area contributed by atoms with Crippen LogP contribution in [0.1, 0.15) is 35.1 Å². The summed E-state index contributed by atoms with van der Waals surface area (Å²) < 4.78 is 28.5. The standard InChI is InChI=1S/C5H12O2.2C4H11NO2.CH4/c1-3-6-5-7-4-2;2*1-2-6-4-7-3-5;/h3-5H2,1-2H3;2*2-5H2,1H3;1H4. The predicted octanol–water partition coefficient (Wildman–Crippen LogP) is 1.48. The van der Waals surface area contributed by atoms with Crippen LogP contribution in [-0.2, 0) is 28.4 Å². The average molecular weight is 330 g/mol. The van der Waals surface area contributed by atoms with Crippen molar-refractivity contribution in [2.24, 2.45) is 11.5 Å². The maximum atomic E-state index is 4.97. The van der Waals surface area contributed by atoms with Crippen molar-refractivity contribution < 1.29 is 28.4 Å². The van der Waals surface area contributed by atoms with E-state index in [4.69, 9.17) is 30.4 Å². The van der Waals surface area contributed by atoms with Gasteiger partial charge in [0.15, 0.2) is 0 Å². The van der Waals surface area contributed by atoms with Crippen molar-refractivity contribution in [3.05, 3.63) is 0 Å². The van der Waals surface area contributed by atoms with Gasteiger partial charge in [-0.05, 0) is 27.7 Å². The molecular weight excluding hydrogens is 292 g/mol. The van der Waals surface area contributed by atoms with Gasteiger partial charge in [0.05, 0.1) is 13.5 Å². The van der Waals surface area contributed by atoms with Gasteiger partial charge < -0.3 is 39.9 Å². The smallest absolute Gasteiger partial charge is 0.148 e. The molecule has 0 atom stereocenters. The summed E-state index contributed by atoms with van der Waals surface area (Å²) in [5.74, 6) is 0. The monoisotopic (exact) mass is 330 g/mol. The van der Waals surface area contributed by atoms with E-state index in [1.807, 2.05) is 27.7 Å². The fraction of sp³-hybridized carbons (Fsp3) is 1.00. The van der Waals surface area contributed by atoms with Crippen molar-refractivity contribution in [2.45, 2.75) is 35.1 Å². The van der Waals surface area contributed by atoms with Crippen molar-refractivity contribution in [2.75, 3.05) is 60.3 Å². The van der Waals surface area contributed by atoms with Gasteiger partial charge in [-0.25, -0.2) is 0 Å². The van der Waals surface area contributed by atoms with Gasteiger partial charge >= 0.3 is 0 Å². The van der Waals surface area contributed by atoms with Gasteiger partial charge in [0.1, 0.15) is 20.4 Å². The van der Waals surface area contributed by atoms with Gasteiger partial charge in [-0.15, -0.1) is 0 Å². The largest absolute Gasteiger partial charge is 0.356 e. The first-order valence-corrected chi connectivity index (χ1v) is 7.11. The first-order chi connectivity index (χ1) is 10.2. The van der Waals surface area contributed by atoms with Gasteiger partial charge in [0.2, 0.25) is 0 Å². The minimum atomic E-state index is 0. The molecule has 0 aromatic heterocycles. The maximum absolute atomic E-state index is 4.97. The summed E-state index contributed by atoms with van der Waals surface area (Å²) in [5, 5.41) is 0. The molecule has 0 aliphatic carbocycles. The van der Waals surface area contributed by atoms with E-state index in [2.05, 4.69) is 9.47 Å². The summed E-state index contributed by atoms with van der Waals surface area (Å²) in [6, 6.07) is 0. The van der Waals surface area contributed by atoms with E-state index in [-0.39, 0.29) is 20.9 Å². The lowest BCUT2D eigenvalue weighted by atomic mass is 10.9. The molecule has 0 aromatic carbocycles. The zero-order valence-electron chi connectivity index (χ0n) is 14.0. The van der Waals surface area contributed by atoms with Crippen molar-refractivity contribution in [1.29, 1.82) is 0 Å². The molecule has 0 fully saturated rings. The fourth-order valence-electron chi connectivity index (χ4n) is 0.606. The van der Waals surface area contributed by atoms with Crippen LogP contribution < -0.4 is 11.5 Å². The molecule has 8 nitrogen and oxygen atoms in total. The zero-order chi connectivity index (χ0) is 16.6. The molecule has 0 aliphatic heterocycles. The van der Waals surface area contributed by atoms with E-state index >= 15 is 0 Å². The molecule has 0 aromatic rings. The van der Waals surface area contributed by atoms with Crippen molar-refractivity contribution >= 4 is 0 Å².